The largest absolute Gasteiger partial charge is 0.354 e. The molecule has 1 amide bonds. The Morgan fingerprint density at radius 2 is 2.17 bits per heavy atom. The third-order valence-corrected chi connectivity index (χ3v) is 4.31. The van der Waals surface area contributed by atoms with Crippen molar-refractivity contribution in [2.24, 2.45) is 0 Å². The highest BCUT2D eigenvalue weighted by molar-refractivity contribution is 7.89. The molecule has 1 aliphatic rings. The smallest absolute Gasteiger partial charge is 0.240 e. The van der Waals surface area contributed by atoms with Crippen molar-refractivity contribution in [2.45, 2.75) is 17.4 Å². The van der Waals surface area contributed by atoms with E-state index in [0.29, 0.717) is 0 Å². The first kappa shape index (κ1) is 13.3. The first-order valence-corrected chi connectivity index (χ1v) is 6.99. The quantitative estimate of drug-likeness (QED) is 0.859. The summed E-state index contributed by atoms with van der Waals surface area (Å²) >= 11 is 5.53. The van der Waals surface area contributed by atoms with Crippen LogP contribution in [0.15, 0.2) is 23.1 Å². The average molecular weight is 293 g/mol. The number of carbonyl (C=O) groups excluding carboxylic acids is 1. The van der Waals surface area contributed by atoms with E-state index in [9.17, 15) is 17.6 Å². The Bertz CT molecular complexity index is 591. The first-order valence-electron chi connectivity index (χ1n) is 5.12. The van der Waals surface area contributed by atoms with E-state index in [-0.39, 0.29) is 28.8 Å². The molecule has 1 saturated heterocycles. The standard InChI is InChI=1S/C10H10ClFN2O3S/c11-8-4-7(1-2-9(8)12)18(16,17)14-6-3-10(15)13-5-6/h1-2,4,6,14H,3,5H2,(H,13,15)/t6-/m0/s1. The van der Waals surface area contributed by atoms with Gasteiger partial charge in [0.2, 0.25) is 15.9 Å². The van der Waals surface area contributed by atoms with Crippen molar-refractivity contribution >= 4 is 27.5 Å². The number of halogens is 2. The summed E-state index contributed by atoms with van der Waals surface area (Å²) in [5.74, 6) is -0.895. The lowest BCUT2D eigenvalue weighted by Gasteiger charge is -2.11. The van der Waals surface area contributed by atoms with Gasteiger partial charge in [0.15, 0.2) is 0 Å². The van der Waals surface area contributed by atoms with E-state index in [2.05, 4.69) is 10.0 Å². The first-order chi connectivity index (χ1) is 8.38. The van der Waals surface area contributed by atoms with Crippen LogP contribution in [0, 0.1) is 5.82 Å². The molecular formula is C10H10ClFN2O3S. The van der Waals surface area contributed by atoms with Crippen molar-refractivity contribution in [3.05, 3.63) is 29.0 Å². The summed E-state index contributed by atoms with van der Waals surface area (Å²) in [6.45, 7) is 0.243. The third-order valence-electron chi connectivity index (χ3n) is 2.50. The number of sulfonamides is 1. The van der Waals surface area contributed by atoms with Gasteiger partial charge < -0.3 is 5.32 Å². The van der Waals surface area contributed by atoms with E-state index in [0.717, 1.165) is 18.2 Å². The van der Waals surface area contributed by atoms with E-state index >= 15 is 0 Å². The molecule has 0 aromatic heterocycles. The molecule has 1 aromatic rings. The molecule has 1 fully saturated rings. The van der Waals surface area contributed by atoms with Gasteiger partial charge in [0.05, 0.1) is 9.92 Å². The normalized spacial score (nSPS) is 19.9. The van der Waals surface area contributed by atoms with Crippen LogP contribution in [0.5, 0.6) is 0 Å². The van der Waals surface area contributed by atoms with Gasteiger partial charge in [-0.1, -0.05) is 11.6 Å². The number of rotatable bonds is 3. The van der Waals surface area contributed by atoms with Gasteiger partial charge in [-0.15, -0.1) is 0 Å². The molecule has 0 bridgehead atoms. The maximum Gasteiger partial charge on any atom is 0.240 e. The molecular weight excluding hydrogens is 283 g/mol. The van der Waals surface area contributed by atoms with Crippen molar-refractivity contribution in [3.63, 3.8) is 0 Å². The summed E-state index contributed by atoms with van der Waals surface area (Å²) < 4.78 is 39.2. The average Bonchev–Trinajstić information content (AvgIpc) is 2.67. The van der Waals surface area contributed by atoms with Crippen LogP contribution in [0.3, 0.4) is 0 Å². The Kier molecular flexibility index (Phi) is 3.56. The summed E-state index contributed by atoms with van der Waals surface area (Å²) in [4.78, 5) is 10.8. The molecule has 2 N–H and O–H groups in total. The van der Waals surface area contributed by atoms with Gasteiger partial charge in [-0.25, -0.2) is 17.5 Å². The molecule has 18 heavy (non-hydrogen) atoms. The van der Waals surface area contributed by atoms with E-state index in [1.165, 1.54) is 0 Å². The number of amides is 1. The fraction of sp³-hybridized carbons (Fsp3) is 0.300. The van der Waals surface area contributed by atoms with E-state index in [1.54, 1.807) is 0 Å². The number of benzene rings is 1. The van der Waals surface area contributed by atoms with E-state index in [4.69, 9.17) is 11.6 Å². The molecule has 1 atom stereocenters. The molecule has 2 rings (SSSR count). The zero-order valence-corrected chi connectivity index (χ0v) is 10.7. The molecule has 0 unspecified atom stereocenters. The van der Waals surface area contributed by atoms with Crippen LogP contribution >= 0.6 is 11.6 Å². The minimum Gasteiger partial charge on any atom is -0.354 e. The lowest BCUT2D eigenvalue weighted by molar-refractivity contribution is -0.119. The SMILES string of the molecule is O=C1C[C@H](NS(=O)(=O)c2ccc(F)c(Cl)c2)CN1. The number of carbonyl (C=O) groups is 1. The molecule has 1 aliphatic heterocycles. The maximum absolute atomic E-state index is 12.9. The summed E-state index contributed by atoms with van der Waals surface area (Å²) in [5.41, 5.74) is 0. The summed E-state index contributed by atoms with van der Waals surface area (Å²) in [7, 11) is -3.80. The van der Waals surface area contributed by atoms with E-state index in [1.807, 2.05) is 0 Å². The monoisotopic (exact) mass is 292 g/mol. The van der Waals surface area contributed by atoms with Crippen molar-refractivity contribution in [1.82, 2.24) is 10.0 Å². The van der Waals surface area contributed by atoms with Gasteiger partial charge in [-0.3, -0.25) is 4.79 Å². The number of hydrogen-bond acceptors (Lipinski definition) is 3. The molecule has 8 heteroatoms. The second-order valence-electron chi connectivity index (χ2n) is 3.90. The van der Waals surface area contributed by atoms with E-state index < -0.39 is 21.9 Å². The van der Waals surface area contributed by atoms with Gasteiger partial charge in [-0.05, 0) is 18.2 Å². The van der Waals surface area contributed by atoms with Crippen LogP contribution in [0.1, 0.15) is 6.42 Å². The molecule has 0 spiro atoms. The molecule has 0 radical (unpaired) electrons. The zero-order chi connectivity index (χ0) is 13.3. The fourth-order valence-corrected chi connectivity index (χ4v) is 3.13. The predicted octanol–water partition coefficient (Wildman–Crippen LogP) is 0.646. The Hall–Kier alpha value is -1.18. The van der Waals surface area contributed by atoms with Gasteiger partial charge >= 0.3 is 0 Å². The van der Waals surface area contributed by atoms with Crippen molar-refractivity contribution in [2.75, 3.05) is 6.54 Å². The molecule has 0 aliphatic carbocycles. The van der Waals surface area contributed by atoms with Gasteiger partial charge in [-0.2, -0.15) is 0 Å². The Morgan fingerprint density at radius 1 is 1.44 bits per heavy atom. The predicted molar refractivity (Wildman–Crippen MR) is 63.1 cm³/mol. The van der Waals surface area contributed by atoms with Crippen molar-refractivity contribution < 1.29 is 17.6 Å². The van der Waals surface area contributed by atoms with Gasteiger partial charge in [0.25, 0.3) is 0 Å². The zero-order valence-electron chi connectivity index (χ0n) is 9.11. The molecule has 5 nitrogen and oxygen atoms in total. The van der Waals surface area contributed by atoms with Gasteiger partial charge in [0, 0.05) is 19.0 Å². The second-order valence-corrected chi connectivity index (χ2v) is 6.02. The topological polar surface area (TPSA) is 75.3 Å². The van der Waals surface area contributed by atoms with Crippen LogP contribution in [-0.4, -0.2) is 26.9 Å². The highest BCUT2D eigenvalue weighted by Crippen LogP contribution is 2.19. The van der Waals surface area contributed by atoms with Crippen LogP contribution in [-0.2, 0) is 14.8 Å². The van der Waals surface area contributed by atoms with Crippen LogP contribution in [0.2, 0.25) is 5.02 Å². The highest BCUT2D eigenvalue weighted by Gasteiger charge is 2.27. The van der Waals surface area contributed by atoms with Crippen LogP contribution in [0.4, 0.5) is 4.39 Å². The molecule has 1 heterocycles. The summed E-state index contributed by atoms with van der Waals surface area (Å²) in [5, 5.41) is 2.25. The summed E-state index contributed by atoms with van der Waals surface area (Å²) in [6, 6.07) is 2.64. The number of hydrogen-bond donors (Lipinski definition) is 2. The Morgan fingerprint density at radius 3 is 2.72 bits per heavy atom. The number of nitrogens with one attached hydrogen (secondary N) is 2. The molecule has 1 aromatic carbocycles. The second kappa shape index (κ2) is 4.83. The minimum absolute atomic E-state index is 0.0914. The van der Waals surface area contributed by atoms with Crippen LogP contribution in [0.25, 0.3) is 0 Å². The van der Waals surface area contributed by atoms with Crippen LogP contribution < -0.4 is 10.0 Å². The lowest BCUT2D eigenvalue weighted by Crippen LogP contribution is -2.36. The summed E-state index contributed by atoms with van der Waals surface area (Å²) in [6.07, 6.45) is 0.0914. The molecule has 98 valence electrons. The highest BCUT2D eigenvalue weighted by atomic mass is 35.5. The minimum atomic E-state index is -3.80. The maximum atomic E-state index is 12.9. The van der Waals surface area contributed by atoms with Crippen molar-refractivity contribution in [1.29, 1.82) is 0 Å². The Balaban J connectivity index is 2.20. The molecule has 0 saturated carbocycles. The van der Waals surface area contributed by atoms with Crippen molar-refractivity contribution in [3.8, 4) is 0 Å². The Labute approximate surface area is 108 Å². The fourth-order valence-electron chi connectivity index (χ4n) is 1.62. The third kappa shape index (κ3) is 2.80. The van der Waals surface area contributed by atoms with Gasteiger partial charge in [0.1, 0.15) is 5.82 Å². The lowest BCUT2D eigenvalue weighted by atomic mass is 10.3.